The standard InChI is InChI=1S/C14H26.CH4S/c1-11-3-7-13(8-4-11)14-9-5-12(2)6-10-14;1-2/h11-14H,3-10H2,1-2H3;2H,1H3. The highest BCUT2D eigenvalue weighted by Gasteiger charge is 2.28. The highest BCUT2D eigenvalue weighted by molar-refractivity contribution is 7.79. The molecule has 2 aliphatic carbocycles. The molecular weight excluding hydrogens is 212 g/mol. The molecule has 0 N–H and O–H groups in total. The van der Waals surface area contributed by atoms with Crippen molar-refractivity contribution >= 4 is 12.6 Å². The van der Waals surface area contributed by atoms with Crippen LogP contribution in [0, 0.1) is 23.7 Å². The van der Waals surface area contributed by atoms with Gasteiger partial charge in [0.1, 0.15) is 0 Å². The Labute approximate surface area is 108 Å². The zero-order valence-electron chi connectivity index (χ0n) is 11.4. The summed E-state index contributed by atoms with van der Waals surface area (Å²) >= 11 is 3.53. The van der Waals surface area contributed by atoms with Crippen LogP contribution in [0.1, 0.15) is 65.2 Å². The zero-order chi connectivity index (χ0) is 12.0. The molecule has 0 nitrogen and oxygen atoms in total. The lowest BCUT2D eigenvalue weighted by Crippen LogP contribution is -2.24. The third-order valence-electron chi connectivity index (χ3n) is 4.79. The number of thiol groups is 1. The molecule has 2 rings (SSSR count). The molecule has 2 fully saturated rings. The summed E-state index contributed by atoms with van der Waals surface area (Å²) in [5, 5.41) is 0. The third-order valence-corrected chi connectivity index (χ3v) is 4.79. The maximum absolute atomic E-state index is 3.53. The predicted molar refractivity (Wildman–Crippen MR) is 77.2 cm³/mol. The van der Waals surface area contributed by atoms with E-state index < -0.39 is 0 Å². The van der Waals surface area contributed by atoms with E-state index in [1.54, 1.807) is 31.9 Å². The van der Waals surface area contributed by atoms with Crippen molar-refractivity contribution < 1.29 is 0 Å². The maximum Gasteiger partial charge on any atom is -0.0215 e. The van der Waals surface area contributed by atoms with Gasteiger partial charge in [-0.3, -0.25) is 0 Å². The van der Waals surface area contributed by atoms with Gasteiger partial charge in [-0.05, 0) is 55.6 Å². The molecule has 0 amide bonds. The van der Waals surface area contributed by atoms with Crippen LogP contribution in [0.3, 0.4) is 0 Å². The summed E-state index contributed by atoms with van der Waals surface area (Å²) in [6, 6.07) is 0. The van der Waals surface area contributed by atoms with Crippen LogP contribution >= 0.6 is 12.6 Å². The van der Waals surface area contributed by atoms with E-state index in [0.29, 0.717) is 0 Å². The second-order valence-electron chi connectivity index (χ2n) is 6.04. The Morgan fingerprint density at radius 1 is 0.562 bits per heavy atom. The molecule has 0 heterocycles. The second-order valence-corrected chi connectivity index (χ2v) is 6.04. The van der Waals surface area contributed by atoms with Gasteiger partial charge < -0.3 is 0 Å². The van der Waals surface area contributed by atoms with Crippen LogP contribution in [0.5, 0.6) is 0 Å². The molecule has 2 saturated carbocycles. The van der Waals surface area contributed by atoms with Gasteiger partial charge in [0, 0.05) is 0 Å². The van der Waals surface area contributed by atoms with Crippen molar-refractivity contribution in [2.45, 2.75) is 65.2 Å². The largest absolute Gasteiger partial charge is 0.183 e. The lowest BCUT2D eigenvalue weighted by molar-refractivity contribution is 0.155. The summed E-state index contributed by atoms with van der Waals surface area (Å²) in [7, 11) is 0. The number of hydrogen-bond acceptors (Lipinski definition) is 1. The van der Waals surface area contributed by atoms with Crippen molar-refractivity contribution in [3.05, 3.63) is 0 Å². The molecule has 0 saturated heterocycles. The fourth-order valence-electron chi connectivity index (χ4n) is 3.51. The highest BCUT2D eigenvalue weighted by Crippen LogP contribution is 2.40. The Morgan fingerprint density at radius 2 is 0.812 bits per heavy atom. The highest BCUT2D eigenvalue weighted by atomic mass is 32.1. The Hall–Kier alpha value is 0.350. The van der Waals surface area contributed by atoms with E-state index in [-0.39, 0.29) is 0 Å². The average Bonchev–Trinajstić information content (AvgIpc) is 2.34. The van der Waals surface area contributed by atoms with E-state index in [2.05, 4.69) is 26.5 Å². The van der Waals surface area contributed by atoms with Gasteiger partial charge in [-0.2, -0.15) is 12.6 Å². The molecule has 0 radical (unpaired) electrons. The SMILES string of the molecule is CC1CCC(C2CCC(C)CC2)CC1.CS. The molecule has 2 aliphatic rings. The molecule has 96 valence electrons. The predicted octanol–water partition coefficient (Wildman–Crippen LogP) is 5.19. The number of hydrogen-bond donors (Lipinski definition) is 1. The summed E-state index contributed by atoms with van der Waals surface area (Å²) < 4.78 is 0. The van der Waals surface area contributed by atoms with Gasteiger partial charge in [0.15, 0.2) is 0 Å². The lowest BCUT2D eigenvalue weighted by Gasteiger charge is -2.36. The van der Waals surface area contributed by atoms with Crippen LogP contribution in [-0.2, 0) is 0 Å². The lowest BCUT2D eigenvalue weighted by atomic mass is 9.70. The van der Waals surface area contributed by atoms with Crippen LogP contribution in [0.2, 0.25) is 0 Å². The van der Waals surface area contributed by atoms with Crippen molar-refractivity contribution in [1.82, 2.24) is 0 Å². The van der Waals surface area contributed by atoms with Crippen molar-refractivity contribution in [3.63, 3.8) is 0 Å². The van der Waals surface area contributed by atoms with Gasteiger partial charge in [0.05, 0.1) is 0 Å². The van der Waals surface area contributed by atoms with E-state index in [4.69, 9.17) is 0 Å². The molecule has 0 unspecified atom stereocenters. The minimum Gasteiger partial charge on any atom is -0.183 e. The summed E-state index contributed by atoms with van der Waals surface area (Å²) in [5.74, 6) is 4.26. The third kappa shape index (κ3) is 4.31. The topological polar surface area (TPSA) is 0 Å². The molecule has 0 aromatic rings. The van der Waals surface area contributed by atoms with E-state index in [1.807, 2.05) is 0 Å². The Morgan fingerprint density at radius 3 is 1.06 bits per heavy atom. The van der Waals surface area contributed by atoms with Gasteiger partial charge in [-0.25, -0.2) is 0 Å². The first-order valence-electron chi connectivity index (χ1n) is 7.20. The van der Waals surface area contributed by atoms with Crippen LogP contribution in [0.25, 0.3) is 0 Å². The molecule has 16 heavy (non-hydrogen) atoms. The maximum atomic E-state index is 3.53. The average molecular weight is 242 g/mol. The van der Waals surface area contributed by atoms with Crippen molar-refractivity contribution in [1.29, 1.82) is 0 Å². The van der Waals surface area contributed by atoms with E-state index in [9.17, 15) is 0 Å². The Balaban J connectivity index is 0.000000606. The summed E-state index contributed by atoms with van der Waals surface area (Å²) in [5.41, 5.74) is 0. The second kappa shape index (κ2) is 7.63. The molecule has 0 aromatic carbocycles. The van der Waals surface area contributed by atoms with Gasteiger partial charge >= 0.3 is 0 Å². The van der Waals surface area contributed by atoms with Gasteiger partial charge in [0.2, 0.25) is 0 Å². The van der Waals surface area contributed by atoms with Crippen molar-refractivity contribution in [2.75, 3.05) is 6.26 Å². The Bertz CT molecular complexity index is 142. The van der Waals surface area contributed by atoms with Crippen LogP contribution in [0.4, 0.5) is 0 Å². The smallest absolute Gasteiger partial charge is 0.0215 e. The van der Waals surface area contributed by atoms with Crippen molar-refractivity contribution in [3.8, 4) is 0 Å². The quantitative estimate of drug-likeness (QED) is 0.601. The van der Waals surface area contributed by atoms with Crippen molar-refractivity contribution in [2.24, 2.45) is 23.7 Å². The minimum atomic E-state index is 1.02. The fourth-order valence-corrected chi connectivity index (χ4v) is 3.51. The minimum absolute atomic E-state index is 1.02. The first-order chi connectivity index (χ1) is 7.75. The molecule has 0 spiro atoms. The van der Waals surface area contributed by atoms with Gasteiger partial charge in [0.25, 0.3) is 0 Å². The summed E-state index contributed by atoms with van der Waals surface area (Å²) in [6.45, 7) is 4.86. The molecule has 0 aliphatic heterocycles. The van der Waals surface area contributed by atoms with Gasteiger partial charge in [-0.15, -0.1) is 0 Å². The Kier molecular flexibility index (Phi) is 6.87. The molecular formula is C15H30S. The molecule has 0 bridgehead atoms. The fraction of sp³-hybridized carbons (Fsp3) is 1.00. The van der Waals surface area contributed by atoms with E-state index >= 15 is 0 Å². The first kappa shape index (κ1) is 14.4. The van der Waals surface area contributed by atoms with E-state index in [0.717, 1.165) is 23.7 Å². The summed E-state index contributed by atoms with van der Waals surface area (Å²) in [4.78, 5) is 0. The molecule has 0 atom stereocenters. The van der Waals surface area contributed by atoms with E-state index in [1.165, 1.54) is 25.7 Å². The van der Waals surface area contributed by atoms with Crippen LogP contribution in [-0.4, -0.2) is 6.26 Å². The summed E-state index contributed by atoms with van der Waals surface area (Å²) in [6.07, 6.45) is 13.9. The first-order valence-corrected chi connectivity index (χ1v) is 8.10. The normalized spacial score (nSPS) is 39.8. The van der Waals surface area contributed by atoms with Crippen LogP contribution < -0.4 is 0 Å². The van der Waals surface area contributed by atoms with Gasteiger partial charge in [-0.1, -0.05) is 39.5 Å². The molecule has 0 aromatic heterocycles. The van der Waals surface area contributed by atoms with Crippen LogP contribution in [0.15, 0.2) is 0 Å². The zero-order valence-corrected chi connectivity index (χ0v) is 12.3. The number of rotatable bonds is 1. The monoisotopic (exact) mass is 242 g/mol. The molecule has 1 heteroatoms.